The van der Waals surface area contributed by atoms with Crippen molar-refractivity contribution in [3.05, 3.63) is 0 Å². The third-order valence-corrected chi connectivity index (χ3v) is 1.88. The van der Waals surface area contributed by atoms with Crippen molar-refractivity contribution in [1.82, 2.24) is 10.2 Å². The number of rotatable bonds is 2. The highest BCUT2D eigenvalue weighted by Crippen LogP contribution is 2.04. The maximum atomic E-state index is 3.43. The van der Waals surface area contributed by atoms with Gasteiger partial charge < -0.3 is 10.2 Å². The third kappa shape index (κ3) is 1.95. The van der Waals surface area contributed by atoms with Crippen LogP contribution in [0.25, 0.3) is 0 Å². The molecule has 0 saturated carbocycles. The minimum atomic E-state index is 0. The highest BCUT2D eigenvalue weighted by atomic mass is 15.2. The Morgan fingerprint density at radius 2 is 2.56 bits per heavy atom. The fourth-order valence-electron chi connectivity index (χ4n) is 1.39. The summed E-state index contributed by atoms with van der Waals surface area (Å²) in [6.07, 6.45) is 1.32. The molecule has 0 aromatic rings. The lowest BCUT2D eigenvalue weighted by Crippen LogP contribution is -2.30. The van der Waals surface area contributed by atoms with Gasteiger partial charge in [0.05, 0.1) is 0 Å². The Morgan fingerprint density at radius 1 is 1.78 bits per heavy atom. The first kappa shape index (κ1) is 7.03. The van der Waals surface area contributed by atoms with Crippen molar-refractivity contribution in [2.75, 3.05) is 26.7 Å². The van der Waals surface area contributed by atoms with Crippen LogP contribution in [0.15, 0.2) is 0 Å². The van der Waals surface area contributed by atoms with Crippen LogP contribution in [0.2, 0.25) is 0 Å². The second-order valence-corrected chi connectivity index (χ2v) is 2.81. The number of hydrogen-bond acceptors (Lipinski definition) is 2. The van der Waals surface area contributed by atoms with Gasteiger partial charge in [-0.25, -0.2) is 0 Å². The van der Waals surface area contributed by atoms with E-state index in [4.69, 9.17) is 0 Å². The summed E-state index contributed by atoms with van der Waals surface area (Å²) in [5.41, 5.74) is 0. The van der Waals surface area contributed by atoms with Crippen LogP contribution < -0.4 is 5.32 Å². The number of hydrogen-bond donors (Lipinski definition) is 1. The van der Waals surface area contributed by atoms with Crippen LogP contribution >= 0.6 is 0 Å². The van der Waals surface area contributed by atoms with Crippen molar-refractivity contribution < 1.29 is 1.43 Å². The minimum Gasteiger partial charge on any atom is -0.313 e. The molecule has 1 aliphatic heterocycles. The van der Waals surface area contributed by atoms with Crippen molar-refractivity contribution in [2.45, 2.75) is 19.4 Å². The predicted molar refractivity (Wildman–Crippen MR) is 41.7 cm³/mol. The molecule has 1 fully saturated rings. The lowest BCUT2D eigenvalue weighted by molar-refractivity contribution is 0.400. The molecule has 2 heteroatoms. The smallest absolute Gasteiger partial charge is 0.0206 e. The molecule has 1 rings (SSSR count). The van der Waals surface area contributed by atoms with E-state index in [0.29, 0.717) is 0 Å². The maximum Gasteiger partial charge on any atom is 0.0206 e. The first-order valence-electron chi connectivity index (χ1n) is 3.75. The summed E-state index contributed by atoms with van der Waals surface area (Å²) in [5, 5.41) is 3.43. The highest BCUT2D eigenvalue weighted by Gasteiger charge is 2.17. The molecule has 0 aromatic heterocycles. The van der Waals surface area contributed by atoms with Gasteiger partial charge in [0.2, 0.25) is 0 Å². The average Bonchev–Trinajstić information content (AvgIpc) is 2.17. The number of nitrogens with one attached hydrogen (secondary N) is 1. The zero-order valence-corrected chi connectivity index (χ0v) is 6.35. The Kier molecular flexibility index (Phi) is 2.49. The van der Waals surface area contributed by atoms with Crippen molar-refractivity contribution in [3.8, 4) is 0 Å². The number of likely N-dealkylation sites (N-methyl/N-ethyl adjacent to an activating group) is 2. The van der Waals surface area contributed by atoms with Gasteiger partial charge >= 0.3 is 0 Å². The van der Waals surface area contributed by atoms with E-state index in [1.807, 2.05) is 0 Å². The lowest BCUT2D eigenvalue weighted by atomic mass is 10.3. The molecule has 56 valence electrons. The van der Waals surface area contributed by atoms with Crippen molar-refractivity contribution in [3.63, 3.8) is 0 Å². The summed E-state index contributed by atoms with van der Waals surface area (Å²) in [4.78, 5) is 2.37. The van der Waals surface area contributed by atoms with Gasteiger partial charge in [-0.1, -0.05) is 6.92 Å². The van der Waals surface area contributed by atoms with Crippen LogP contribution in [0.4, 0.5) is 0 Å². The molecule has 0 radical (unpaired) electrons. The summed E-state index contributed by atoms with van der Waals surface area (Å²) in [6.45, 7) is 5.77. The second kappa shape index (κ2) is 3.18. The van der Waals surface area contributed by atoms with E-state index in [0.717, 1.165) is 12.6 Å². The zero-order valence-electron chi connectivity index (χ0n) is 6.35. The lowest BCUT2D eigenvalue weighted by Gasteiger charge is -2.09. The van der Waals surface area contributed by atoms with Crippen molar-refractivity contribution in [2.24, 2.45) is 0 Å². The van der Waals surface area contributed by atoms with Crippen molar-refractivity contribution in [1.29, 1.82) is 0 Å². The van der Waals surface area contributed by atoms with Gasteiger partial charge in [0, 0.05) is 14.0 Å². The van der Waals surface area contributed by atoms with Gasteiger partial charge in [-0.05, 0) is 26.6 Å². The Bertz CT molecular complexity index is 85.7. The molecule has 1 heterocycles. The molecule has 0 amide bonds. The monoisotopic (exact) mass is 130 g/mol. The summed E-state index contributed by atoms with van der Waals surface area (Å²) in [6, 6.07) is 0.764. The van der Waals surface area contributed by atoms with E-state index >= 15 is 0 Å². The summed E-state index contributed by atoms with van der Waals surface area (Å²) in [5.74, 6) is 0. The van der Waals surface area contributed by atoms with E-state index in [2.05, 4.69) is 24.2 Å². The zero-order chi connectivity index (χ0) is 6.69. The fourth-order valence-corrected chi connectivity index (χ4v) is 1.39. The molecule has 2 nitrogen and oxygen atoms in total. The molecule has 1 saturated heterocycles. The standard InChI is InChI=1S/C7H16N2.H2/c1-3-8-7-4-5-9(2)6-7;/h7-8H,3-6H2,1-2H3;1H/t7-;/m1./s1. The number of likely N-dealkylation sites (tertiary alicyclic amines) is 1. The Hall–Kier alpha value is -0.0800. The Labute approximate surface area is 58.7 Å². The topological polar surface area (TPSA) is 15.3 Å². The minimum absolute atomic E-state index is 0. The van der Waals surface area contributed by atoms with Crippen LogP contribution in [0, 0.1) is 0 Å². The molecule has 9 heavy (non-hydrogen) atoms. The average molecular weight is 130 g/mol. The van der Waals surface area contributed by atoms with Gasteiger partial charge in [-0.3, -0.25) is 0 Å². The first-order chi connectivity index (χ1) is 4.33. The van der Waals surface area contributed by atoms with E-state index in [9.17, 15) is 0 Å². The maximum absolute atomic E-state index is 3.43. The van der Waals surface area contributed by atoms with E-state index in [1.165, 1.54) is 19.5 Å². The second-order valence-electron chi connectivity index (χ2n) is 2.81. The van der Waals surface area contributed by atoms with E-state index in [-0.39, 0.29) is 1.43 Å². The van der Waals surface area contributed by atoms with Gasteiger partial charge in [0.1, 0.15) is 0 Å². The molecule has 1 aliphatic rings. The Morgan fingerprint density at radius 3 is 3.00 bits per heavy atom. The molecular weight excluding hydrogens is 112 g/mol. The highest BCUT2D eigenvalue weighted by molar-refractivity contribution is 4.77. The van der Waals surface area contributed by atoms with E-state index in [1.54, 1.807) is 0 Å². The van der Waals surface area contributed by atoms with Gasteiger partial charge in [-0.2, -0.15) is 0 Å². The SMILES string of the molecule is CCN[C@@H]1CCN(C)C1.[HH]. The van der Waals surface area contributed by atoms with Crippen LogP contribution in [0.3, 0.4) is 0 Å². The molecular formula is C7H18N2. The quantitative estimate of drug-likeness (QED) is 0.587. The molecule has 0 bridgehead atoms. The molecule has 0 aliphatic carbocycles. The molecule has 0 unspecified atom stereocenters. The molecule has 1 N–H and O–H groups in total. The normalized spacial score (nSPS) is 29.3. The summed E-state index contributed by atoms with van der Waals surface area (Å²) >= 11 is 0. The van der Waals surface area contributed by atoms with Crippen LogP contribution in [0.1, 0.15) is 14.8 Å². The predicted octanol–water partition coefficient (Wildman–Crippen LogP) is 0.546. The first-order valence-corrected chi connectivity index (χ1v) is 3.75. The van der Waals surface area contributed by atoms with Crippen LogP contribution in [-0.4, -0.2) is 37.6 Å². The third-order valence-electron chi connectivity index (χ3n) is 1.88. The van der Waals surface area contributed by atoms with Gasteiger partial charge in [-0.15, -0.1) is 0 Å². The summed E-state index contributed by atoms with van der Waals surface area (Å²) in [7, 11) is 2.18. The number of nitrogens with zero attached hydrogens (tertiary/aromatic N) is 1. The van der Waals surface area contributed by atoms with Crippen molar-refractivity contribution >= 4 is 0 Å². The molecule has 0 aromatic carbocycles. The largest absolute Gasteiger partial charge is 0.313 e. The molecule has 0 spiro atoms. The molecule has 1 atom stereocenters. The van der Waals surface area contributed by atoms with E-state index < -0.39 is 0 Å². The van der Waals surface area contributed by atoms with Gasteiger partial charge in [0.15, 0.2) is 0 Å². The fraction of sp³-hybridized carbons (Fsp3) is 1.00. The van der Waals surface area contributed by atoms with Gasteiger partial charge in [0.25, 0.3) is 0 Å². The van der Waals surface area contributed by atoms with Crippen LogP contribution in [0.5, 0.6) is 0 Å². The van der Waals surface area contributed by atoms with Crippen LogP contribution in [-0.2, 0) is 0 Å². The Balaban J connectivity index is 0.000000810. The summed E-state index contributed by atoms with van der Waals surface area (Å²) < 4.78 is 0.